The van der Waals surface area contributed by atoms with Crippen molar-refractivity contribution in [3.05, 3.63) is 47.5 Å². The predicted octanol–water partition coefficient (Wildman–Crippen LogP) is 3.02. The lowest BCUT2D eigenvalue weighted by molar-refractivity contribution is -0.137. The Labute approximate surface area is 212 Å². The van der Waals surface area contributed by atoms with Crippen molar-refractivity contribution in [2.75, 3.05) is 43.0 Å². The first-order valence-corrected chi connectivity index (χ1v) is 12.3. The van der Waals surface area contributed by atoms with Crippen LogP contribution in [0.5, 0.6) is 0 Å². The van der Waals surface area contributed by atoms with Crippen LogP contribution < -0.4 is 16.0 Å². The van der Waals surface area contributed by atoms with Gasteiger partial charge >= 0.3 is 6.18 Å². The molecule has 0 spiro atoms. The zero-order valence-electron chi connectivity index (χ0n) is 20.6. The highest BCUT2D eigenvalue weighted by atomic mass is 19.4. The molecule has 1 amide bonds. The van der Waals surface area contributed by atoms with Gasteiger partial charge in [-0.3, -0.25) is 9.69 Å². The third kappa shape index (κ3) is 6.48. The van der Waals surface area contributed by atoms with Gasteiger partial charge in [0.1, 0.15) is 6.33 Å². The van der Waals surface area contributed by atoms with Crippen LogP contribution in [-0.4, -0.2) is 64.7 Å². The number of carbonyl (C=O) groups is 1. The molecule has 8 nitrogen and oxygen atoms in total. The average Bonchev–Trinajstić information content (AvgIpc) is 3.68. The SMILES string of the molecule is C[C@]1(CO)CN(CC(N)=O)CCC1CNc1ncnc(N(Cc2ccc(C(F)(F)F)cc2)C2CC2)c1F. The Morgan fingerprint density at radius 2 is 1.95 bits per heavy atom. The number of anilines is 2. The van der Waals surface area contributed by atoms with E-state index in [2.05, 4.69) is 15.3 Å². The number of aliphatic hydroxyl groups is 1. The summed E-state index contributed by atoms with van der Waals surface area (Å²) in [5.41, 5.74) is 4.68. The van der Waals surface area contributed by atoms with E-state index in [9.17, 15) is 23.1 Å². The van der Waals surface area contributed by atoms with Gasteiger partial charge in [0, 0.05) is 37.7 Å². The topological polar surface area (TPSA) is 108 Å². The number of aromatic nitrogens is 2. The van der Waals surface area contributed by atoms with E-state index in [-0.39, 0.29) is 43.3 Å². The Balaban J connectivity index is 1.46. The summed E-state index contributed by atoms with van der Waals surface area (Å²) in [7, 11) is 0. The summed E-state index contributed by atoms with van der Waals surface area (Å²) in [5, 5.41) is 13.1. The first kappa shape index (κ1) is 27.1. The summed E-state index contributed by atoms with van der Waals surface area (Å²) in [6.07, 6.45) is -0.793. The molecule has 2 atom stereocenters. The Hall–Kier alpha value is -2.99. The number of hydrogen-bond donors (Lipinski definition) is 3. The number of carbonyl (C=O) groups excluding carboxylic acids is 1. The number of piperidine rings is 1. The maximum atomic E-state index is 15.6. The van der Waals surface area contributed by atoms with Gasteiger partial charge in [0.05, 0.1) is 12.1 Å². The van der Waals surface area contributed by atoms with E-state index in [1.807, 2.05) is 11.8 Å². The molecule has 1 aliphatic heterocycles. The van der Waals surface area contributed by atoms with Gasteiger partial charge in [-0.15, -0.1) is 0 Å². The lowest BCUT2D eigenvalue weighted by Crippen LogP contribution is -2.52. The number of nitrogens with two attached hydrogens (primary N) is 1. The molecule has 1 aromatic carbocycles. The first-order valence-electron chi connectivity index (χ1n) is 12.3. The van der Waals surface area contributed by atoms with Gasteiger partial charge in [0.25, 0.3) is 0 Å². The first-order chi connectivity index (χ1) is 17.5. The standard InChI is InChI=1S/C25H32F4N6O2/c1-24(14-36)13-34(12-20(30)37)9-8-18(24)10-31-22-21(26)23(33-15-32-22)35(19-6-7-19)11-16-2-4-17(5-3-16)25(27,28)29/h2-5,15,18-19,36H,6-14H2,1H3,(H2,30,37)(H,31,32,33)/t18?,24-/m1/s1. The van der Waals surface area contributed by atoms with Crippen LogP contribution in [0.1, 0.15) is 37.3 Å². The quantitative estimate of drug-likeness (QED) is 0.410. The minimum absolute atomic E-state index is 0.00822. The number of halogens is 4. The molecule has 1 aliphatic carbocycles. The smallest absolute Gasteiger partial charge is 0.396 e. The van der Waals surface area contributed by atoms with Crippen molar-refractivity contribution in [3.8, 4) is 0 Å². The molecule has 202 valence electrons. The molecule has 1 saturated carbocycles. The van der Waals surface area contributed by atoms with Crippen LogP contribution in [0.15, 0.2) is 30.6 Å². The second kappa shape index (κ2) is 10.8. The zero-order chi connectivity index (χ0) is 26.8. The lowest BCUT2D eigenvalue weighted by atomic mass is 9.72. The Morgan fingerprint density at radius 3 is 2.54 bits per heavy atom. The van der Waals surface area contributed by atoms with Gasteiger partial charge in [0.2, 0.25) is 11.7 Å². The van der Waals surface area contributed by atoms with Crippen molar-refractivity contribution >= 4 is 17.5 Å². The minimum atomic E-state index is -4.42. The maximum Gasteiger partial charge on any atom is 0.416 e. The van der Waals surface area contributed by atoms with Gasteiger partial charge < -0.3 is 21.1 Å². The summed E-state index contributed by atoms with van der Waals surface area (Å²) in [5.74, 6) is -0.933. The van der Waals surface area contributed by atoms with E-state index >= 15 is 4.39 Å². The van der Waals surface area contributed by atoms with E-state index in [4.69, 9.17) is 5.73 Å². The third-order valence-electron chi connectivity index (χ3n) is 7.29. The molecule has 1 saturated heterocycles. The number of aliphatic hydroxyl groups excluding tert-OH is 1. The number of benzene rings is 1. The normalized spacial score (nSPS) is 22.6. The summed E-state index contributed by atoms with van der Waals surface area (Å²) in [6, 6.07) is 4.90. The Kier molecular flexibility index (Phi) is 7.88. The molecule has 1 aromatic heterocycles. The number of primary amides is 1. The molecule has 2 aliphatic rings. The predicted molar refractivity (Wildman–Crippen MR) is 130 cm³/mol. The van der Waals surface area contributed by atoms with E-state index < -0.39 is 28.9 Å². The van der Waals surface area contributed by atoms with E-state index in [0.29, 0.717) is 31.6 Å². The largest absolute Gasteiger partial charge is 0.416 e. The number of rotatable bonds is 10. The number of nitrogens with one attached hydrogen (secondary N) is 1. The molecule has 4 rings (SSSR count). The van der Waals surface area contributed by atoms with Crippen LogP contribution in [0, 0.1) is 17.2 Å². The van der Waals surface area contributed by atoms with Crippen LogP contribution in [0.3, 0.4) is 0 Å². The van der Waals surface area contributed by atoms with Crippen molar-refractivity contribution in [1.82, 2.24) is 14.9 Å². The molecule has 37 heavy (non-hydrogen) atoms. The Bertz CT molecular complexity index is 1100. The van der Waals surface area contributed by atoms with Crippen molar-refractivity contribution in [3.63, 3.8) is 0 Å². The lowest BCUT2D eigenvalue weighted by Gasteiger charge is -2.45. The highest BCUT2D eigenvalue weighted by Crippen LogP contribution is 2.37. The Morgan fingerprint density at radius 1 is 1.24 bits per heavy atom. The van der Waals surface area contributed by atoms with Crippen LogP contribution in [0.4, 0.5) is 29.2 Å². The molecule has 1 unspecified atom stereocenters. The van der Waals surface area contributed by atoms with Crippen molar-refractivity contribution < 1.29 is 27.5 Å². The number of hydrogen-bond acceptors (Lipinski definition) is 7. The monoisotopic (exact) mass is 524 g/mol. The summed E-state index contributed by atoms with van der Waals surface area (Å²) in [4.78, 5) is 23.2. The fourth-order valence-electron chi connectivity index (χ4n) is 4.95. The molecule has 2 aromatic rings. The number of alkyl halides is 3. The van der Waals surface area contributed by atoms with Gasteiger partial charge in [-0.25, -0.2) is 9.97 Å². The minimum Gasteiger partial charge on any atom is -0.396 e. The van der Waals surface area contributed by atoms with Crippen molar-refractivity contribution in [2.24, 2.45) is 17.1 Å². The highest BCUT2D eigenvalue weighted by Gasteiger charge is 2.40. The number of likely N-dealkylation sites (tertiary alicyclic amines) is 1. The van der Waals surface area contributed by atoms with E-state index in [0.717, 1.165) is 25.0 Å². The summed E-state index contributed by atoms with van der Waals surface area (Å²) in [6.45, 7) is 3.63. The summed E-state index contributed by atoms with van der Waals surface area (Å²) < 4.78 is 54.3. The fraction of sp³-hybridized carbons (Fsp3) is 0.560. The van der Waals surface area contributed by atoms with Crippen LogP contribution in [-0.2, 0) is 17.5 Å². The van der Waals surface area contributed by atoms with Gasteiger partial charge in [-0.05, 0) is 49.4 Å². The molecule has 0 bridgehead atoms. The van der Waals surface area contributed by atoms with Gasteiger partial charge in [0.15, 0.2) is 11.6 Å². The average molecular weight is 525 g/mol. The zero-order valence-corrected chi connectivity index (χ0v) is 20.6. The molecular formula is C25H32F4N6O2. The molecule has 2 heterocycles. The molecular weight excluding hydrogens is 492 g/mol. The van der Waals surface area contributed by atoms with E-state index in [1.54, 1.807) is 4.90 Å². The van der Waals surface area contributed by atoms with Crippen molar-refractivity contribution in [2.45, 2.75) is 44.9 Å². The third-order valence-corrected chi connectivity index (χ3v) is 7.29. The second-order valence-electron chi connectivity index (χ2n) is 10.3. The second-order valence-corrected chi connectivity index (χ2v) is 10.3. The van der Waals surface area contributed by atoms with Crippen LogP contribution >= 0.6 is 0 Å². The van der Waals surface area contributed by atoms with Crippen LogP contribution in [0.2, 0.25) is 0 Å². The molecule has 2 fully saturated rings. The molecule has 12 heteroatoms. The highest BCUT2D eigenvalue weighted by molar-refractivity contribution is 5.75. The maximum absolute atomic E-state index is 15.6. The number of amides is 1. The van der Waals surface area contributed by atoms with Gasteiger partial charge in [-0.1, -0.05) is 19.1 Å². The van der Waals surface area contributed by atoms with Crippen LogP contribution in [0.25, 0.3) is 0 Å². The fourth-order valence-corrected chi connectivity index (χ4v) is 4.95. The molecule has 0 radical (unpaired) electrons. The molecule has 4 N–H and O–H groups in total. The van der Waals surface area contributed by atoms with Crippen molar-refractivity contribution in [1.29, 1.82) is 0 Å². The number of nitrogens with zero attached hydrogens (tertiary/aromatic N) is 4. The van der Waals surface area contributed by atoms with E-state index in [1.165, 1.54) is 18.5 Å². The van der Waals surface area contributed by atoms with Gasteiger partial charge in [-0.2, -0.15) is 17.6 Å². The summed E-state index contributed by atoms with van der Waals surface area (Å²) >= 11 is 0.